The minimum atomic E-state index is -0.436. The van der Waals surface area contributed by atoms with Gasteiger partial charge in [0.1, 0.15) is 5.54 Å². The van der Waals surface area contributed by atoms with E-state index in [9.17, 15) is 9.59 Å². The largest absolute Gasteiger partial charge is 0.379 e. The fourth-order valence-electron chi connectivity index (χ4n) is 5.02. The maximum atomic E-state index is 13.5. The van der Waals surface area contributed by atoms with Crippen molar-refractivity contribution in [1.29, 1.82) is 0 Å². The zero-order valence-electron chi connectivity index (χ0n) is 16.8. The first-order valence-electron chi connectivity index (χ1n) is 10.7. The van der Waals surface area contributed by atoms with Gasteiger partial charge in [-0.3, -0.25) is 14.5 Å². The molecule has 6 heteroatoms. The molecule has 1 aliphatic carbocycles. The van der Waals surface area contributed by atoms with Crippen LogP contribution in [0.1, 0.15) is 51.9 Å². The Balaban J connectivity index is 1.54. The molecule has 1 unspecified atom stereocenters. The van der Waals surface area contributed by atoms with E-state index in [0.29, 0.717) is 19.6 Å². The van der Waals surface area contributed by atoms with Crippen molar-refractivity contribution in [1.82, 2.24) is 4.90 Å². The molecule has 1 N–H and O–H groups in total. The molecule has 2 amide bonds. The van der Waals surface area contributed by atoms with Crippen LogP contribution < -0.4 is 10.2 Å². The number of hydrogen-bond donors (Lipinski definition) is 1. The molecule has 2 heterocycles. The summed E-state index contributed by atoms with van der Waals surface area (Å²) in [4.78, 5) is 29.9. The number of hydrogen-bond acceptors (Lipinski definition) is 4. The third-order valence-electron chi connectivity index (χ3n) is 6.59. The molecule has 3 fully saturated rings. The number of ether oxygens (including phenoxy) is 1. The first-order valence-corrected chi connectivity index (χ1v) is 10.7. The fourth-order valence-corrected chi connectivity index (χ4v) is 5.02. The van der Waals surface area contributed by atoms with E-state index in [1.165, 1.54) is 6.42 Å². The van der Waals surface area contributed by atoms with Crippen molar-refractivity contribution in [3.8, 4) is 0 Å². The van der Waals surface area contributed by atoms with E-state index in [1.807, 2.05) is 29.2 Å². The number of rotatable bonds is 4. The molecular formula is C22H31N3O3. The predicted molar refractivity (Wildman–Crippen MR) is 109 cm³/mol. The SMILES string of the molecule is CC1CCC(=O)N1c1cccc(NC(=O)C2(N3CCOCC3)CCCCC2)c1. The second kappa shape index (κ2) is 8.21. The van der Waals surface area contributed by atoms with Crippen LogP contribution in [-0.4, -0.2) is 54.6 Å². The van der Waals surface area contributed by atoms with E-state index < -0.39 is 5.54 Å². The van der Waals surface area contributed by atoms with Crippen LogP contribution in [0.15, 0.2) is 24.3 Å². The summed E-state index contributed by atoms with van der Waals surface area (Å²) < 4.78 is 5.52. The van der Waals surface area contributed by atoms with Gasteiger partial charge in [0.25, 0.3) is 0 Å². The van der Waals surface area contributed by atoms with Crippen LogP contribution in [0.25, 0.3) is 0 Å². The monoisotopic (exact) mass is 385 g/mol. The highest BCUT2D eigenvalue weighted by Crippen LogP contribution is 2.36. The summed E-state index contributed by atoms with van der Waals surface area (Å²) in [7, 11) is 0. The van der Waals surface area contributed by atoms with Crippen molar-refractivity contribution in [3.05, 3.63) is 24.3 Å². The van der Waals surface area contributed by atoms with Gasteiger partial charge in [-0.25, -0.2) is 0 Å². The highest BCUT2D eigenvalue weighted by Gasteiger charge is 2.45. The van der Waals surface area contributed by atoms with Gasteiger partial charge in [-0.1, -0.05) is 25.3 Å². The molecule has 0 radical (unpaired) electrons. The fraction of sp³-hybridized carbons (Fsp3) is 0.636. The van der Waals surface area contributed by atoms with Gasteiger partial charge in [0.2, 0.25) is 11.8 Å². The summed E-state index contributed by atoms with van der Waals surface area (Å²) in [6, 6.07) is 7.94. The van der Waals surface area contributed by atoms with Gasteiger partial charge < -0.3 is 15.0 Å². The Hall–Kier alpha value is -1.92. The Labute approximate surface area is 167 Å². The second-order valence-corrected chi connectivity index (χ2v) is 8.35. The first-order chi connectivity index (χ1) is 13.6. The van der Waals surface area contributed by atoms with Crippen molar-refractivity contribution in [2.75, 3.05) is 36.5 Å². The molecule has 1 atom stereocenters. The summed E-state index contributed by atoms with van der Waals surface area (Å²) >= 11 is 0. The highest BCUT2D eigenvalue weighted by atomic mass is 16.5. The van der Waals surface area contributed by atoms with E-state index in [-0.39, 0.29) is 17.9 Å². The average Bonchev–Trinajstić information content (AvgIpc) is 3.07. The smallest absolute Gasteiger partial charge is 0.244 e. The van der Waals surface area contributed by atoms with E-state index in [0.717, 1.165) is 56.6 Å². The number of carbonyl (C=O) groups is 2. The van der Waals surface area contributed by atoms with E-state index in [4.69, 9.17) is 4.74 Å². The van der Waals surface area contributed by atoms with Crippen LogP contribution in [0.2, 0.25) is 0 Å². The zero-order valence-corrected chi connectivity index (χ0v) is 16.8. The molecule has 152 valence electrons. The molecular weight excluding hydrogens is 354 g/mol. The molecule has 6 nitrogen and oxygen atoms in total. The molecule has 1 aromatic carbocycles. The molecule has 3 aliphatic rings. The summed E-state index contributed by atoms with van der Waals surface area (Å²) in [6.07, 6.45) is 6.66. The number of morpholine rings is 1. The van der Waals surface area contributed by atoms with Gasteiger partial charge in [-0.05, 0) is 44.4 Å². The number of benzene rings is 1. The Bertz CT molecular complexity index is 723. The predicted octanol–water partition coefficient (Wildman–Crippen LogP) is 3.18. The average molecular weight is 386 g/mol. The molecule has 1 saturated carbocycles. The standard InChI is InChI=1S/C22H31N3O3/c1-17-8-9-20(26)25(17)19-7-5-6-18(16-19)23-21(27)22(10-3-2-4-11-22)24-12-14-28-15-13-24/h5-7,16-17H,2-4,8-15H2,1H3,(H,23,27). The minimum Gasteiger partial charge on any atom is -0.379 e. The lowest BCUT2D eigenvalue weighted by molar-refractivity contribution is -0.134. The summed E-state index contributed by atoms with van der Waals surface area (Å²) in [5.74, 6) is 0.250. The van der Waals surface area contributed by atoms with Crippen molar-refractivity contribution in [2.45, 2.75) is 63.5 Å². The molecule has 1 aromatic rings. The zero-order chi connectivity index (χ0) is 19.6. The van der Waals surface area contributed by atoms with Crippen LogP contribution in [0.4, 0.5) is 11.4 Å². The lowest BCUT2D eigenvalue weighted by Gasteiger charge is -2.46. The van der Waals surface area contributed by atoms with Gasteiger partial charge in [0.15, 0.2) is 0 Å². The number of nitrogens with one attached hydrogen (secondary N) is 1. The van der Waals surface area contributed by atoms with E-state index in [2.05, 4.69) is 17.1 Å². The van der Waals surface area contributed by atoms with Gasteiger partial charge in [0.05, 0.1) is 13.2 Å². The molecule has 0 bridgehead atoms. The first kappa shape index (κ1) is 19.4. The van der Waals surface area contributed by atoms with Gasteiger partial charge >= 0.3 is 0 Å². The summed E-state index contributed by atoms with van der Waals surface area (Å²) in [5.41, 5.74) is 1.21. The lowest BCUT2D eigenvalue weighted by atomic mass is 9.79. The quantitative estimate of drug-likeness (QED) is 0.865. The van der Waals surface area contributed by atoms with Gasteiger partial charge in [-0.15, -0.1) is 0 Å². The maximum Gasteiger partial charge on any atom is 0.244 e. The van der Waals surface area contributed by atoms with Crippen molar-refractivity contribution >= 4 is 23.2 Å². The molecule has 2 saturated heterocycles. The Kier molecular flexibility index (Phi) is 5.69. The van der Waals surface area contributed by atoms with Gasteiger partial charge in [-0.2, -0.15) is 0 Å². The van der Waals surface area contributed by atoms with E-state index >= 15 is 0 Å². The van der Waals surface area contributed by atoms with Gasteiger partial charge in [0, 0.05) is 36.9 Å². The Morgan fingerprint density at radius 3 is 2.61 bits per heavy atom. The van der Waals surface area contributed by atoms with Crippen LogP contribution in [0, 0.1) is 0 Å². The molecule has 4 rings (SSSR count). The topological polar surface area (TPSA) is 61.9 Å². The van der Waals surface area contributed by atoms with Crippen LogP contribution in [0.3, 0.4) is 0 Å². The molecule has 0 spiro atoms. The molecule has 0 aromatic heterocycles. The van der Waals surface area contributed by atoms with Crippen LogP contribution in [-0.2, 0) is 14.3 Å². The van der Waals surface area contributed by atoms with E-state index in [1.54, 1.807) is 0 Å². The van der Waals surface area contributed by atoms with Crippen molar-refractivity contribution in [3.63, 3.8) is 0 Å². The van der Waals surface area contributed by atoms with Crippen LogP contribution in [0.5, 0.6) is 0 Å². The lowest BCUT2D eigenvalue weighted by Crippen LogP contribution is -2.60. The second-order valence-electron chi connectivity index (χ2n) is 8.35. The number of anilines is 2. The Morgan fingerprint density at radius 1 is 1.18 bits per heavy atom. The normalized spacial score (nSPS) is 25.7. The van der Waals surface area contributed by atoms with Crippen LogP contribution >= 0.6 is 0 Å². The van der Waals surface area contributed by atoms with Crippen molar-refractivity contribution in [2.24, 2.45) is 0 Å². The molecule has 2 aliphatic heterocycles. The highest BCUT2D eigenvalue weighted by molar-refractivity contribution is 6.00. The summed E-state index contributed by atoms with van der Waals surface area (Å²) in [6.45, 7) is 5.09. The maximum absolute atomic E-state index is 13.5. The minimum absolute atomic E-state index is 0.0899. The Morgan fingerprint density at radius 2 is 1.93 bits per heavy atom. The third-order valence-corrected chi connectivity index (χ3v) is 6.59. The van der Waals surface area contributed by atoms with Crippen molar-refractivity contribution < 1.29 is 14.3 Å². The number of carbonyl (C=O) groups excluding carboxylic acids is 2. The third kappa shape index (κ3) is 3.67. The summed E-state index contributed by atoms with van der Waals surface area (Å²) in [5, 5.41) is 3.18. The number of nitrogens with zero attached hydrogens (tertiary/aromatic N) is 2. The number of amides is 2. The molecule has 28 heavy (non-hydrogen) atoms.